The Balaban J connectivity index is 1.80. The summed E-state index contributed by atoms with van der Waals surface area (Å²) in [5.74, 6) is 0.927. The Kier molecular flexibility index (Phi) is 3.59. The number of hydrogen-bond acceptors (Lipinski definition) is 4. The lowest BCUT2D eigenvalue weighted by Gasteiger charge is -2.10. The first-order chi connectivity index (χ1) is 8.27. The second-order valence-electron chi connectivity index (χ2n) is 3.98. The fourth-order valence-corrected chi connectivity index (χ4v) is 1.68. The minimum Gasteiger partial charge on any atom is -0.398 e. The maximum absolute atomic E-state index is 5.84. The van der Waals surface area contributed by atoms with Gasteiger partial charge in [0.15, 0.2) is 0 Å². The molecule has 2 aromatic rings. The zero-order valence-corrected chi connectivity index (χ0v) is 9.90. The van der Waals surface area contributed by atoms with Crippen LogP contribution < -0.4 is 11.1 Å². The third-order valence-electron chi connectivity index (χ3n) is 2.75. The van der Waals surface area contributed by atoms with Crippen molar-refractivity contribution in [3.05, 3.63) is 35.9 Å². The standard InChI is InChI=1S/C12H17N5/c1-9-10(13)4-2-5-11(9)14-7-3-6-12-15-8-16-17-12/h2,4-5,8,14H,3,6-7,13H2,1H3,(H,15,16,17). The Morgan fingerprint density at radius 3 is 3.06 bits per heavy atom. The number of hydrogen-bond donors (Lipinski definition) is 3. The van der Waals surface area contributed by atoms with Crippen molar-refractivity contribution in [1.82, 2.24) is 15.2 Å². The molecule has 0 unspecified atom stereocenters. The molecule has 0 aliphatic rings. The molecule has 1 heterocycles. The van der Waals surface area contributed by atoms with Crippen LogP contribution in [0, 0.1) is 6.92 Å². The topological polar surface area (TPSA) is 79.6 Å². The van der Waals surface area contributed by atoms with Gasteiger partial charge in [0.05, 0.1) is 0 Å². The van der Waals surface area contributed by atoms with Crippen molar-refractivity contribution >= 4 is 11.4 Å². The maximum Gasteiger partial charge on any atom is 0.137 e. The number of nitrogens with one attached hydrogen (secondary N) is 2. The molecule has 0 atom stereocenters. The number of aryl methyl sites for hydroxylation is 1. The maximum atomic E-state index is 5.84. The number of nitrogen functional groups attached to an aromatic ring is 1. The van der Waals surface area contributed by atoms with Gasteiger partial charge in [-0.15, -0.1) is 0 Å². The lowest BCUT2D eigenvalue weighted by molar-refractivity contribution is 0.805. The highest BCUT2D eigenvalue weighted by Gasteiger charge is 2.00. The summed E-state index contributed by atoms with van der Waals surface area (Å²) in [6.07, 6.45) is 3.43. The molecule has 0 aliphatic carbocycles. The van der Waals surface area contributed by atoms with E-state index in [4.69, 9.17) is 5.73 Å². The summed E-state index contributed by atoms with van der Waals surface area (Å²) in [5.41, 5.74) is 8.87. The van der Waals surface area contributed by atoms with E-state index >= 15 is 0 Å². The molecule has 0 amide bonds. The van der Waals surface area contributed by atoms with E-state index in [1.165, 1.54) is 6.33 Å². The molecule has 0 spiro atoms. The average molecular weight is 231 g/mol. The van der Waals surface area contributed by atoms with Crippen molar-refractivity contribution in [2.75, 3.05) is 17.6 Å². The number of aromatic nitrogens is 3. The Labute approximate surface area is 100 Å². The second kappa shape index (κ2) is 5.34. The van der Waals surface area contributed by atoms with Gasteiger partial charge in [-0.1, -0.05) is 6.07 Å². The Morgan fingerprint density at radius 2 is 2.29 bits per heavy atom. The molecule has 0 aliphatic heterocycles. The van der Waals surface area contributed by atoms with Gasteiger partial charge in [0.25, 0.3) is 0 Å². The zero-order valence-electron chi connectivity index (χ0n) is 9.90. The van der Waals surface area contributed by atoms with E-state index in [1.54, 1.807) is 0 Å². The van der Waals surface area contributed by atoms with E-state index in [0.717, 1.165) is 42.1 Å². The van der Waals surface area contributed by atoms with Crippen molar-refractivity contribution in [3.63, 3.8) is 0 Å². The first kappa shape index (κ1) is 11.4. The quantitative estimate of drug-likeness (QED) is 0.541. The molecule has 1 aromatic carbocycles. The van der Waals surface area contributed by atoms with E-state index in [9.17, 15) is 0 Å². The van der Waals surface area contributed by atoms with Crippen LogP contribution in [0.2, 0.25) is 0 Å². The third kappa shape index (κ3) is 2.96. The van der Waals surface area contributed by atoms with Gasteiger partial charge < -0.3 is 11.1 Å². The molecule has 4 N–H and O–H groups in total. The van der Waals surface area contributed by atoms with Crippen LogP contribution in [-0.4, -0.2) is 21.7 Å². The van der Waals surface area contributed by atoms with Crippen LogP contribution in [-0.2, 0) is 6.42 Å². The summed E-state index contributed by atoms with van der Waals surface area (Å²) in [5, 5.41) is 10.0. The number of nitrogens with two attached hydrogens (primary N) is 1. The van der Waals surface area contributed by atoms with Gasteiger partial charge in [-0.3, -0.25) is 5.10 Å². The molecule has 0 saturated carbocycles. The van der Waals surface area contributed by atoms with Crippen LogP contribution in [0.3, 0.4) is 0 Å². The highest BCUT2D eigenvalue weighted by molar-refractivity contribution is 5.62. The normalized spacial score (nSPS) is 10.4. The van der Waals surface area contributed by atoms with Crippen LogP contribution in [0.1, 0.15) is 17.8 Å². The predicted octanol–water partition coefficient (Wildman–Crippen LogP) is 1.74. The number of H-pyrrole nitrogens is 1. The lowest BCUT2D eigenvalue weighted by atomic mass is 10.1. The van der Waals surface area contributed by atoms with Gasteiger partial charge in [-0.25, -0.2) is 4.98 Å². The number of anilines is 2. The first-order valence-corrected chi connectivity index (χ1v) is 5.70. The van der Waals surface area contributed by atoms with E-state index in [-0.39, 0.29) is 0 Å². The van der Waals surface area contributed by atoms with Crippen molar-refractivity contribution < 1.29 is 0 Å². The summed E-state index contributed by atoms with van der Waals surface area (Å²) in [6.45, 7) is 2.92. The predicted molar refractivity (Wildman–Crippen MR) is 68.8 cm³/mol. The monoisotopic (exact) mass is 231 g/mol. The number of benzene rings is 1. The summed E-state index contributed by atoms with van der Waals surface area (Å²) < 4.78 is 0. The fourth-order valence-electron chi connectivity index (χ4n) is 1.68. The van der Waals surface area contributed by atoms with Gasteiger partial charge in [0.1, 0.15) is 12.2 Å². The summed E-state index contributed by atoms with van der Waals surface area (Å²) in [4.78, 5) is 4.08. The molecule has 17 heavy (non-hydrogen) atoms. The highest BCUT2D eigenvalue weighted by atomic mass is 15.2. The van der Waals surface area contributed by atoms with Crippen molar-refractivity contribution in [1.29, 1.82) is 0 Å². The average Bonchev–Trinajstić information content (AvgIpc) is 2.83. The van der Waals surface area contributed by atoms with Crippen LogP contribution in [0.15, 0.2) is 24.5 Å². The van der Waals surface area contributed by atoms with Crippen LogP contribution in [0.25, 0.3) is 0 Å². The van der Waals surface area contributed by atoms with E-state index in [1.807, 2.05) is 25.1 Å². The molecule has 5 nitrogen and oxygen atoms in total. The zero-order chi connectivity index (χ0) is 12.1. The smallest absolute Gasteiger partial charge is 0.137 e. The summed E-state index contributed by atoms with van der Waals surface area (Å²) in [7, 11) is 0. The second-order valence-corrected chi connectivity index (χ2v) is 3.98. The Bertz CT molecular complexity index is 464. The molecule has 90 valence electrons. The SMILES string of the molecule is Cc1c(N)cccc1NCCCc1ncn[nH]1. The van der Waals surface area contributed by atoms with Crippen LogP contribution in [0.4, 0.5) is 11.4 Å². The van der Waals surface area contributed by atoms with Crippen molar-refractivity contribution in [2.45, 2.75) is 19.8 Å². The molecule has 2 rings (SSSR count). The minimum atomic E-state index is 0.824. The van der Waals surface area contributed by atoms with Gasteiger partial charge in [0, 0.05) is 24.3 Å². The fraction of sp³-hybridized carbons (Fsp3) is 0.333. The molecule has 0 saturated heterocycles. The summed E-state index contributed by atoms with van der Waals surface area (Å²) in [6, 6.07) is 5.91. The molecule has 0 radical (unpaired) electrons. The van der Waals surface area contributed by atoms with E-state index in [2.05, 4.69) is 20.5 Å². The lowest BCUT2D eigenvalue weighted by Crippen LogP contribution is -2.05. The largest absolute Gasteiger partial charge is 0.398 e. The Morgan fingerprint density at radius 1 is 1.41 bits per heavy atom. The molecule has 1 aromatic heterocycles. The molecule has 0 bridgehead atoms. The van der Waals surface area contributed by atoms with Gasteiger partial charge >= 0.3 is 0 Å². The van der Waals surface area contributed by atoms with E-state index in [0.29, 0.717) is 0 Å². The van der Waals surface area contributed by atoms with Gasteiger partial charge in [-0.05, 0) is 31.0 Å². The highest BCUT2D eigenvalue weighted by Crippen LogP contribution is 2.20. The summed E-state index contributed by atoms with van der Waals surface area (Å²) >= 11 is 0. The molecular weight excluding hydrogens is 214 g/mol. The molecule has 0 fully saturated rings. The van der Waals surface area contributed by atoms with Crippen molar-refractivity contribution in [2.24, 2.45) is 0 Å². The number of rotatable bonds is 5. The van der Waals surface area contributed by atoms with Gasteiger partial charge in [0.2, 0.25) is 0 Å². The number of nitrogens with zero attached hydrogens (tertiary/aromatic N) is 2. The minimum absolute atomic E-state index is 0.824. The van der Waals surface area contributed by atoms with Crippen LogP contribution in [0.5, 0.6) is 0 Å². The van der Waals surface area contributed by atoms with Crippen LogP contribution >= 0.6 is 0 Å². The van der Waals surface area contributed by atoms with Gasteiger partial charge in [-0.2, -0.15) is 5.10 Å². The third-order valence-corrected chi connectivity index (χ3v) is 2.75. The van der Waals surface area contributed by atoms with Crippen molar-refractivity contribution in [3.8, 4) is 0 Å². The van der Waals surface area contributed by atoms with E-state index < -0.39 is 0 Å². The molecule has 5 heteroatoms. The molecular formula is C12H17N5. The Hall–Kier alpha value is -2.04. The number of aromatic amines is 1. The first-order valence-electron chi connectivity index (χ1n) is 5.70.